The summed E-state index contributed by atoms with van der Waals surface area (Å²) < 4.78 is 39.6. The minimum atomic E-state index is -4.25. The van der Waals surface area contributed by atoms with Crippen molar-refractivity contribution >= 4 is 5.91 Å². The number of pyridine rings is 1. The zero-order valence-electron chi connectivity index (χ0n) is 12.4. The molecular formula is C14H18F3N3O2. The van der Waals surface area contributed by atoms with Gasteiger partial charge < -0.3 is 9.88 Å². The van der Waals surface area contributed by atoms with Crippen molar-refractivity contribution in [2.45, 2.75) is 31.1 Å². The zero-order chi connectivity index (χ0) is 16.5. The number of nitrogens with zero attached hydrogens (tertiary/aromatic N) is 2. The van der Waals surface area contributed by atoms with Crippen molar-refractivity contribution in [3.8, 4) is 0 Å². The smallest absolute Gasteiger partial charge is 0.348 e. The number of aromatic nitrogens is 1. The Kier molecular flexibility index (Phi) is 4.60. The summed E-state index contributed by atoms with van der Waals surface area (Å²) in [5, 5.41) is 2.69. The molecule has 5 nitrogen and oxygen atoms in total. The lowest BCUT2D eigenvalue weighted by molar-refractivity contribution is -0.188. The van der Waals surface area contributed by atoms with E-state index in [1.165, 1.54) is 34.8 Å². The van der Waals surface area contributed by atoms with Crippen LogP contribution in [0.25, 0.3) is 0 Å². The lowest BCUT2D eigenvalue weighted by Crippen LogP contribution is -2.54. The maximum absolute atomic E-state index is 12.8. The monoisotopic (exact) mass is 317 g/mol. The lowest BCUT2D eigenvalue weighted by Gasteiger charge is -2.38. The van der Waals surface area contributed by atoms with Crippen molar-refractivity contribution in [2.24, 2.45) is 7.05 Å². The second-order valence-corrected chi connectivity index (χ2v) is 5.61. The van der Waals surface area contributed by atoms with Crippen LogP contribution in [-0.2, 0) is 7.05 Å². The van der Waals surface area contributed by atoms with Gasteiger partial charge in [0, 0.05) is 37.5 Å². The summed E-state index contributed by atoms with van der Waals surface area (Å²) in [6.45, 7) is 0.126. The molecule has 1 amide bonds. The third-order valence-corrected chi connectivity index (χ3v) is 3.91. The van der Waals surface area contributed by atoms with Crippen molar-refractivity contribution in [2.75, 3.05) is 13.6 Å². The first-order valence-electron chi connectivity index (χ1n) is 6.93. The third kappa shape index (κ3) is 3.68. The molecule has 0 spiro atoms. The molecule has 22 heavy (non-hydrogen) atoms. The minimum absolute atomic E-state index is 0.0541. The van der Waals surface area contributed by atoms with Gasteiger partial charge in [-0.15, -0.1) is 0 Å². The van der Waals surface area contributed by atoms with Crippen LogP contribution in [0.4, 0.5) is 13.2 Å². The summed E-state index contributed by atoms with van der Waals surface area (Å²) in [7, 11) is 2.96. The van der Waals surface area contributed by atoms with Gasteiger partial charge >= 0.3 is 6.18 Å². The van der Waals surface area contributed by atoms with E-state index in [4.69, 9.17) is 0 Å². The Labute approximate surface area is 125 Å². The highest BCUT2D eigenvalue weighted by Crippen LogP contribution is 2.30. The van der Waals surface area contributed by atoms with Gasteiger partial charge in [-0.25, -0.2) is 0 Å². The Balaban J connectivity index is 1.99. The van der Waals surface area contributed by atoms with E-state index < -0.39 is 18.1 Å². The van der Waals surface area contributed by atoms with E-state index in [0.29, 0.717) is 0 Å². The van der Waals surface area contributed by atoms with Gasteiger partial charge in [0.05, 0.1) is 0 Å². The number of likely N-dealkylation sites (N-methyl/N-ethyl adjacent to an activating group) is 1. The maximum atomic E-state index is 12.8. The summed E-state index contributed by atoms with van der Waals surface area (Å²) in [4.78, 5) is 24.8. The lowest BCUT2D eigenvalue weighted by atomic mass is 9.98. The molecule has 2 heterocycles. The molecule has 2 atom stereocenters. The highest BCUT2D eigenvalue weighted by atomic mass is 19.4. The van der Waals surface area contributed by atoms with Crippen molar-refractivity contribution in [3.63, 3.8) is 0 Å². The second kappa shape index (κ2) is 6.12. The quantitative estimate of drug-likeness (QED) is 0.890. The molecule has 1 saturated heterocycles. The molecule has 122 valence electrons. The number of halogens is 3. The van der Waals surface area contributed by atoms with Crippen LogP contribution < -0.4 is 10.9 Å². The summed E-state index contributed by atoms with van der Waals surface area (Å²) in [5.41, 5.74) is -0.103. The molecule has 0 saturated carbocycles. The zero-order valence-corrected chi connectivity index (χ0v) is 12.4. The van der Waals surface area contributed by atoms with E-state index in [-0.39, 0.29) is 36.6 Å². The fourth-order valence-electron chi connectivity index (χ4n) is 2.64. The number of amides is 1. The summed E-state index contributed by atoms with van der Waals surface area (Å²) in [6, 6.07) is 0.882. The van der Waals surface area contributed by atoms with Crippen LogP contribution in [0.5, 0.6) is 0 Å². The van der Waals surface area contributed by atoms with Crippen LogP contribution in [0.2, 0.25) is 0 Å². The average molecular weight is 317 g/mol. The topological polar surface area (TPSA) is 54.3 Å². The SMILES string of the molecule is CN1C[C@H](NC(=O)c2ccn(C)c(=O)c2)CC[C@H]1C(F)(F)F. The Morgan fingerprint density at radius 3 is 2.55 bits per heavy atom. The van der Waals surface area contributed by atoms with Gasteiger partial charge in [0.25, 0.3) is 11.5 Å². The van der Waals surface area contributed by atoms with Crippen molar-refractivity contribution in [1.29, 1.82) is 0 Å². The molecule has 2 rings (SSSR count). The molecule has 1 aromatic heterocycles. The Bertz CT molecular complexity index is 612. The number of aryl methyl sites for hydroxylation is 1. The van der Waals surface area contributed by atoms with Crippen molar-refractivity contribution in [3.05, 3.63) is 34.2 Å². The van der Waals surface area contributed by atoms with Crippen LogP contribution in [0.3, 0.4) is 0 Å². The van der Waals surface area contributed by atoms with Gasteiger partial charge in [0.2, 0.25) is 0 Å². The number of likely N-dealkylation sites (tertiary alicyclic amines) is 1. The number of hydrogen-bond donors (Lipinski definition) is 1. The van der Waals surface area contributed by atoms with E-state index in [1.807, 2.05) is 0 Å². The van der Waals surface area contributed by atoms with Gasteiger partial charge in [-0.3, -0.25) is 14.5 Å². The van der Waals surface area contributed by atoms with Gasteiger partial charge in [0.1, 0.15) is 6.04 Å². The first-order valence-corrected chi connectivity index (χ1v) is 6.93. The molecule has 0 radical (unpaired) electrons. The second-order valence-electron chi connectivity index (χ2n) is 5.61. The van der Waals surface area contributed by atoms with Crippen LogP contribution in [0.15, 0.2) is 23.1 Å². The molecule has 1 N–H and O–H groups in total. The highest BCUT2D eigenvalue weighted by molar-refractivity contribution is 5.94. The molecule has 0 aliphatic carbocycles. The predicted molar refractivity (Wildman–Crippen MR) is 74.6 cm³/mol. The molecule has 0 unspecified atom stereocenters. The summed E-state index contributed by atoms with van der Waals surface area (Å²) >= 11 is 0. The standard InChI is InChI=1S/C14H18F3N3O2/c1-19-6-5-9(7-12(19)21)13(22)18-10-3-4-11(14(15,16)17)20(2)8-10/h5-7,10-11H,3-4,8H2,1-2H3,(H,18,22)/t10-,11+/m1/s1. The number of alkyl halides is 3. The predicted octanol–water partition coefficient (Wildman–Crippen LogP) is 1.14. The van der Waals surface area contributed by atoms with Gasteiger partial charge in [-0.2, -0.15) is 13.2 Å². The van der Waals surface area contributed by atoms with Gasteiger partial charge in [0.15, 0.2) is 0 Å². The number of carbonyl (C=O) groups is 1. The number of rotatable bonds is 2. The molecule has 0 bridgehead atoms. The van der Waals surface area contributed by atoms with Gasteiger partial charge in [-0.05, 0) is 26.0 Å². The first-order chi connectivity index (χ1) is 10.2. The van der Waals surface area contributed by atoms with Crippen LogP contribution >= 0.6 is 0 Å². The molecule has 1 aliphatic rings. The van der Waals surface area contributed by atoms with Gasteiger partial charge in [-0.1, -0.05) is 0 Å². The Hall–Kier alpha value is -1.83. The van der Waals surface area contributed by atoms with E-state index in [9.17, 15) is 22.8 Å². The molecular weight excluding hydrogens is 299 g/mol. The summed E-state index contributed by atoms with van der Waals surface area (Å²) in [6.07, 6.45) is -2.58. The summed E-state index contributed by atoms with van der Waals surface area (Å²) in [5.74, 6) is -0.443. The van der Waals surface area contributed by atoms with Crippen molar-refractivity contribution in [1.82, 2.24) is 14.8 Å². The van der Waals surface area contributed by atoms with Crippen LogP contribution in [0, 0.1) is 0 Å². The molecule has 1 fully saturated rings. The number of hydrogen-bond acceptors (Lipinski definition) is 3. The van der Waals surface area contributed by atoms with E-state index in [2.05, 4.69) is 5.32 Å². The van der Waals surface area contributed by atoms with Crippen molar-refractivity contribution < 1.29 is 18.0 Å². The third-order valence-electron chi connectivity index (χ3n) is 3.91. The number of carbonyl (C=O) groups excluding carboxylic acids is 1. The van der Waals surface area contributed by atoms with E-state index >= 15 is 0 Å². The number of nitrogens with one attached hydrogen (secondary N) is 1. The molecule has 1 aliphatic heterocycles. The van der Waals surface area contributed by atoms with E-state index in [0.717, 1.165) is 0 Å². The maximum Gasteiger partial charge on any atom is 0.404 e. The van der Waals surface area contributed by atoms with Crippen LogP contribution in [-0.4, -0.2) is 47.2 Å². The Morgan fingerprint density at radius 1 is 1.32 bits per heavy atom. The largest absolute Gasteiger partial charge is 0.404 e. The normalized spacial score (nSPS) is 23.3. The average Bonchev–Trinajstić information content (AvgIpc) is 2.40. The fourth-order valence-corrected chi connectivity index (χ4v) is 2.64. The molecule has 0 aromatic carbocycles. The molecule has 8 heteroatoms. The highest BCUT2D eigenvalue weighted by Gasteiger charge is 2.44. The first kappa shape index (κ1) is 16.5. The fraction of sp³-hybridized carbons (Fsp3) is 0.571. The van der Waals surface area contributed by atoms with Crippen LogP contribution in [0.1, 0.15) is 23.2 Å². The van der Waals surface area contributed by atoms with E-state index in [1.54, 1.807) is 7.05 Å². The number of piperidine rings is 1. The molecule has 1 aromatic rings. The minimum Gasteiger partial charge on any atom is -0.348 e. The Morgan fingerprint density at radius 2 is 2.00 bits per heavy atom.